The van der Waals surface area contributed by atoms with E-state index in [4.69, 9.17) is 0 Å². The number of benzene rings is 1. The molecule has 2 rings (SSSR count). The summed E-state index contributed by atoms with van der Waals surface area (Å²) in [6.45, 7) is 9.94. The first-order valence-electron chi connectivity index (χ1n) is 10.0. The molecule has 0 saturated carbocycles. The van der Waals surface area contributed by atoms with Gasteiger partial charge in [-0.25, -0.2) is 4.99 Å². The van der Waals surface area contributed by atoms with E-state index in [0.717, 1.165) is 18.7 Å². The number of anilines is 1. The molecule has 1 aliphatic rings. The fourth-order valence-corrected chi connectivity index (χ4v) is 3.13. The molecule has 0 bridgehead atoms. The van der Waals surface area contributed by atoms with Gasteiger partial charge in [-0.05, 0) is 52.2 Å². The Labute approximate surface area is 191 Å². The van der Waals surface area contributed by atoms with Crippen molar-refractivity contribution in [2.75, 3.05) is 31.1 Å². The fraction of sp³-hybridized carbons (Fsp3) is 0.571. The molecule has 1 aromatic rings. The number of para-hydroxylation sites is 1. The Hall–Kier alpha value is -1.84. The minimum Gasteiger partial charge on any atom is -0.357 e. The first kappa shape index (κ1) is 25.2. The van der Waals surface area contributed by atoms with Crippen molar-refractivity contribution in [2.24, 2.45) is 4.99 Å². The highest BCUT2D eigenvalue weighted by molar-refractivity contribution is 14.0. The lowest BCUT2D eigenvalue weighted by Gasteiger charge is -2.20. The van der Waals surface area contributed by atoms with Crippen molar-refractivity contribution in [3.8, 4) is 0 Å². The lowest BCUT2D eigenvalue weighted by molar-refractivity contribution is -0.121. The zero-order valence-corrected chi connectivity index (χ0v) is 20.2. The molecule has 0 radical (unpaired) electrons. The number of halogens is 1. The molecule has 162 valence electrons. The monoisotopic (exact) mass is 515 g/mol. The van der Waals surface area contributed by atoms with E-state index in [1.54, 1.807) is 0 Å². The van der Waals surface area contributed by atoms with Gasteiger partial charge in [0.25, 0.3) is 0 Å². The molecule has 0 saturated heterocycles. The molecule has 0 aliphatic carbocycles. The maximum atomic E-state index is 12.5. The average Bonchev–Trinajstić information content (AvgIpc) is 3.05. The van der Waals surface area contributed by atoms with Gasteiger partial charge in [0.2, 0.25) is 11.8 Å². The summed E-state index contributed by atoms with van der Waals surface area (Å²) in [5.41, 5.74) is 2.01. The number of aliphatic imine (C=N–C) groups is 1. The third-order valence-electron chi connectivity index (χ3n) is 4.29. The van der Waals surface area contributed by atoms with E-state index in [-0.39, 0.29) is 47.9 Å². The van der Waals surface area contributed by atoms with E-state index in [1.807, 2.05) is 50.8 Å². The van der Waals surface area contributed by atoms with Gasteiger partial charge >= 0.3 is 0 Å². The molecule has 0 fully saturated rings. The largest absolute Gasteiger partial charge is 0.357 e. The van der Waals surface area contributed by atoms with Crippen LogP contribution in [-0.4, -0.2) is 49.5 Å². The SMILES string of the molecule is CCNC(=NCC(=O)NC(C)(C)C)NCCCC(=O)N1CCc2ccccc21.I. The molecule has 2 amide bonds. The van der Waals surface area contributed by atoms with Crippen LogP contribution in [-0.2, 0) is 16.0 Å². The van der Waals surface area contributed by atoms with Crippen LogP contribution in [0.2, 0.25) is 0 Å². The first-order chi connectivity index (χ1) is 13.3. The Morgan fingerprint density at radius 1 is 1.17 bits per heavy atom. The van der Waals surface area contributed by atoms with E-state index < -0.39 is 0 Å². The van der Waals surface area contributed by atoms with E-state index in [9.17, 15) is 9.59 Å². The second kappa shape index (κ2) is 12.0. The van der Waals surface area contributed by atoms with Gasteiger partial charge < -0.3 is 20.9 Å². The molecule has 0 unspecified atom stereocenters. The van der Waals surface area contributed by atoms with Crippen molar-refractivity contribution in [2.45, 2.75) is 52.5 Å². The van der Waals surface area contributed by atoms with Crippen LogP contribution in [0.25, 0.3) is 0 Å². The highest BCUT2D eigenvalue weighted by atomic mass is 127. The lowest BCUT2D eigenvalue weighted by atomic mass is 10.1. The molecular weight excluding hydrogens is 481 g/mol. The summed E-state index contributed by atoms with van der Waals surface area (Å²) in [6, 6.07) is 8.08. The Morgan fingerprint density at radius 3 is 2.59 bits per heavy atom. The number of amides is 2. The average molecular weight is 515 g/mol. The van der Waals surface area contributed by atoms with Crippen LogP contribution in [0.4, 0.5) is 5.69 Å². The summed E-state index contributed by atoms with van der Waals surface area (Å²) in [5, 5.41) is 9.20. The Kier molecular flexibility index (Phi) is 10.4. The van der Waals surface area contributed by atoms with Gasteiger partial charge in [-0.15, -0.1) is 24.0 Å². The molecule has 1 aliphatic heterocycles. The Morgan fingerprint density at radius 2 is 1.90 bits per heavy atom. The summed E-state index contributed by atoms with van der Waals surface area (Å²) >= 11 is 0. The topological polar surface area (TPSA) is 85.8 Å². The Balaban J connectivity index is 0.00000420. The standard InChI is InChI=1S/C21H33N5O2.HI/c1-5-22-20(24-15-18(27)25-21(2,3)4)23-13-8-11-19(28)26-14-12-16-9-6-7-10-17(16)26;/h6-7,9-10H,5,8,11-15H2,1-4H3,(H,25,27)(H2,22,23,24);1H. The second-order valence-corrected chi connectivity index (χ2v) is 7.95. The molecule has 0 aromatic heterocycles. The number of carbonyl (C=O) groups is 2. The predicted octanol–water partition coefficient (Wildman–Crippen LogP) is 2.44. The maximum absolute atomic E-state index is 12.5. The van der Waals surface area contributed by atoms with Gasteiger partial charge in [0.15, 0.2) is 5.96 Å². The van der Waals surface area contributed by atoms with Gasteiger partial charge in [-0.2, -0.15) is 0 Å². The molecule has 0 spiro atoms. The number of hydrogen-bond donors (Lipinski definition) is 3. The van der Waals surface area contributed by atoms with Crippen molar-refractivity contribution in [3.05, 3.63) is 29.8 Å². The third kappa shape index (κ3) is 8.59. The summed E-state index contributed by atoms with van der Waals surface area (Å²) in [6.07, 6.45) is 2.11. The second-order valence-electron chi connectivity index (χ2n) is 7.95. The number of guanidine groups is 1. The molecule has 7 nitrogen and oxygen atoms in total. The van der Waals surface area contributed by atoms with Gasteiger partial charge in [0, 0.05) is 37.3 Å². The lowest BCUT2D eigenvalue weighted by Crippen LogP contribution is -2.43. The zero-order valence-electron chi connectivity index (χ0n) is 17.9. The summed E-state index contributed by atoms with van der Waals surface area (Å²) in [7, 11) is 0. The van der Waals surface area contributed by atoms with Gasteiger partial charge in [0.1, 0.15) is 6.54 Å². The molecule has 1 aromatic carbocycles. The van der Waals surface area contributed by atoms with Crippen molar-refractivity contribution in [1.82, 2.24) is 16.0 Å². The maximum Gasteiger partial charge on any atom is 0.242 e. The van der Waals surface area contributed by atoms with Crippen LogP contribution >= 0.6 is 24.0 Å². The molecule has 3 N–H and O–H groups in total. The quantitative estimate of drug-likeness (QED) is 0.226. The van der Waals surface area contributed by atoms with Gasteiger partial charge in [-0.1, -0.05) is 18.2 Å². The number of nitrogens with one attached hydrogen (secondary N) is 3. The highest BCUT2D eigenvalue weighted by Gasteiger charge is 2.23. The molecule has 1 heterocycles. The molecule has 29 heavy (non-hydrogen) atoms. The molecular formula is C21H34IN5O2. The number of fused-ring (bicyclic) bond motifs is 1. The van der Waals surface area contributed by atoms with Crippen molar-refractivity contribution in [1.29, 1.82) is 0 Å². The van der Waals surface area contributed by atoms with Crippen LogP contribution in [0.15, 0.2) is 29.3 Å². The van der Waals surface area contributed by atoms with Crippen LogP contribution in [0.1, 0.15) is 46.1 Å². The highest BCUT2D eigenvalue weighted by Crippen LogP contribution is 2.27. The molecule has 0 atom stereocenters. The van der Waals surface area contributed by atoms with Crippen LogP contribution in [0, 0.1) is 0 Å². The normalized spacial score (nSPS) is 13.4. The van der Waals surface area contributed by atoms with Crippen molar-refractivity contribution in [3.63, 3.8) is 0 Å². The van der Waals surface area contributed by atoms with E-state index in [1.165, 1.54) is 5.56 Å². The zero-order chi connectivity index (χ0) is 20.6. The molecule has 8 heteroatoms. The van der Waals surface area contributed by atoms with Crippen molar-refractivity contribution >= 4 is 47.4 Å². The van der Waals surface area contributed by atoms with E-state index >= 15 is 0 Å². The first-order valence-corrected chi connectivity index (χ1v) is 10.0. The number of hydrogen-bond acceptors (Lipinski definition) is 3. The minimum absolute atomic E-state index is 0. The number of rotatable bonds is 7. The fourth-order valence-electron chi connectivity index (χ4n) is 3.13. The number of nitrogens with zero attached hydrogens (tertiary/aromatic N) is 2. The minimum atomic E-state index is -0.271. The van der Waals surface area contributed by atoms with Gasteiger partial charge in [-0.3, -0.25) is 9.59 Å². The van der Waals surface area contributed by atoms with Crippen LogP contribution in [0.5, 0.6) is 0 Å². The number of carbonyl (C=O) groups excluding carboxylic acids is 2. The van der Waals surface area contributed by atoms with E-state index in [2.05, 4.69) is 27.0 Å². The smallest absolute Gasteiger partial charge is 0.242 e. The van der Waals surface area contributed by atoms with E-state index in [0.29, 0.717) is 31.9 Å². The summed E-state index contributed by atoms with van der Waals surface area (Å²) < 4.78 is 0. The Bertz CT molecular complexity index is 715. The van der Waals surface area contributed by atoms with Crippen LogP contribution < -0.4 is 20.9 Å². The predicted molar refractivity (Wildman–Crippen MR) is 129 cm³/mol. The van der Waals surface area contributed by atoms with Crippen LogP contribution in [0.3, 0.4) is 0 Å². The summed E-state index contributed by atoms with van der Waals surface area (Å²) in [5.74, 6) is 0.622. The summed E-state index contributed by atoms with van der Waals surface area (Å²) in [4.78, 5) is 30.6. The van der Waals surface area contributed by atoms with Gasteiger partial charge in [0.05, 0.1) is 0 Å². The van der Waals surface area contributed by atoms with Crippen molar-refractivity contribution < 1.29 is 9.59 Å². The third-order valence-corrected chi connectivity index (χ3v) is 4.29.